The van der Waals surface area contributed by atoms with E-state index in [1.807, 2.05) is 18.2 Å². The van der Waals surface area contributed by atoms with Gasteiger partial charge in [0, 0.05) is 35.8 Å². The van der Waals surface area contributed by atoms with E-state index in [4.69, 9.17) is 11.6 Å². The zero-order valence-electron chi connectivity index (χ0n) is 11.2. The maximum absolute atomic E-state index is 12.7. The molecular weight excluding hydrogens is 260 g/mol. The second-order valence-electron chi connectivity index (χ2n) is 5.46. The molecule has 1 amide bonds. The molecule has 2 atom stereocenters. The van der Waals surface area contributed by atoms with Crippen molar-refractivity contribution in [3.05, 3.63) is 34.9 Å². The molecule has 0 aliphatic carbocycles. The Balaban J connectivity index is 1.82. The third kappa shape index (κ3) is 2.37. The van der Waals surface area contributed by atoms with E-state index in [0.29, 0.717) is 22.7 Å². The smallest absolute Gasteiger partial charge is 0.254 e. The lowest BCUT2D eigenvalue weighted by atomic mass is 10.1. The Kier molecular flexibility index (Phi) is 3.50. The van der Waals surface area contributed by atoms with Crippen LogP contribution in [0.2, 0.25) is 5.02 Å². The third-order valence-electron chi connectivity index (χ3n) is 4.31. The monoisotopic (exact) mass is 278 g/mol. The first-order valence-corrected chi connectivity index (χ1v) is 7.37. The number of carbonyl (C=O) groups excluding carboxylic acids is 1. The summed E-state index contributed by atoms with van der Waals surface area (Å²) in [5.74, 6) is 0.144. The Labute approximate surface area is 119 Å². The van der Waals surface area contributed by atoms with E-state index in [0.717, 1.165) is 32.5 Å². The van der Waals surface area contributed by atoms with Crippen molar-refractivity contribution in [3.63, 3.8) is 0 Å². The van der Waals surface area contributed by atoms with Crippen molar-refractivity contribution in [2.45, 2.75) is 31.8 Å². The molecule has 0 saturated carbocycles. The van der Waals surface area contributed by atoms with Gasteiger partial charge in [-0.1, -0.05) is 24.6 Å². The van der Waals surface area contributed by atoms with Crippen molar-refractivity contribution in [1.29, 1.82) is 0 Å². The molecule has 2 unspecified atom stereocenters. The summed E-state index contributed by atoms with van der Waals surface area (Å²) in [6.07, 6.45) is 2.26. The van der Waals surface area contributed by atoms with Gasteiger partial charge in [0.25, 0.3) is 5.91 Å². The van der Waals surface area contributed by atoms with Crippen molar-refractivity contribution in [3.8, 4) is 0 Å². The minimum Gasteiger partial charge on any atom is -0.330 e. The molecule has 0 radical (unpaired) electrons. The first kappa shape index (κ1) is 12.9. The molecule has 0 spiro atoms. The largest absolute Gasteiger partial charge is 0.330 e. The summed E-state index contributed by atoms with van der Waals surface area (Å²) in [6, 6.07) is 8.05. The van der Waals surface area contributed by atoms with Crippen LogP contribution in [0.5, 0.6) is 0 Å². The van der Waals surface area contributed by atoms with E-state index in [2.05, 4.69) is 16.7 Å². The average Bonchev–Trinajstić information content (AvgIpc) is 2.68. The van der Waals surface area contributed by atoms with Gasteiger partial charge in [-0.3, -0.25) is 9.69 Å². The maximum Gasteiger partial charge on any atom is 0.254 e. The lowest BCUT2D eigenvalue weighted by Crippen LogP contribution is -2.55. The van der Waals surface area contributed by atoms with Gasteiger partial charge >= 0.3 is 0 Å². The lowest BCUT2D eigenvalue weighted by Gasteiger charge is -2.40. The van der Waals surface area contributed by atoms with Gasteiger partial charge in [0.2, 0.25) is 0 Å². The van der Waals surface area contributed by atoms with Crippen molar-refractivity contribution in [1.82, 2.24) is 9.80 Å². The van der Waals surface area contributed by atoms with Crippen LogP contribution in [-0.4, -0.2) is 47.4 Å². The first-order valence-electron chi connectivity index (χ1n) is 6.99. The number of halogens is 1. The van der Waals surface area contributed by atoms with Crippen LogP contribution in [0.15, 0.2) is 24.3 Å². The molecule has 1 aromatic carbocycles. The van der Waals surface area contributed by atoms with E-state index in [1.165, 1.54) is 0 Å². The fraction of sp³-hybridized carbons (Fsp3) is 0.533. The van der Waals surface area contributed by atoms with Gasteiger partial charge in [-0.05, 0) is 37.6 Å². The molecule has 102 valence electrons. The summed E-state index contributed by atoms with van der Waals surface area (Å²) in [6.45, 7) is 5.29. The molecule has 2 aliphatic rings. The SMILES string of the molecule is CCN1CC2CCC(C1)N2C(=O)c1cccc(Cl)c1. The maximum atomic E-state index is 12.7. The van der Waals surface area contributed by atoms with E-state index in [9.17, 15) is 4.79 Å². The van der Waals surface area contributed by atoms with Crippen molar-refractivity contribution in [2.24, 2.45) is 0 Å². The Morgan fingerprint density at radius 1 is 1.32 bits per heavy atom. The summed E-state index contributed by atoms with van der Waals surface area (Å²) in [7, 11) is 0. The molecule has 3 rings (SSSR count). The Morgan fingerprint density at radius 2 is 2.00 bits per heavy atom. The third-order valence-corrected chi connectivity index (χ3v) is 4.55. The van der Waals surface area contributed by atoms with E-state index < -0.39 is 0 Å². The van der Waals surface area contributed by atoms with Crippen LogP contribution in [-0.2, 0) is 0 Å². The van der Waals surface area contributed by atoms with Crippen molar-refractivity contribution >= 4 is 17.5 Å². The number of likely N-dealkylation sites (tertiary alicyclic amines) is 1. The van der Waals surface area contributed by atoms with Crippen LogP contribution in [0.25, 0.3) is 0 Å². The van der Waals surface area contributed by atoms with Crippen LogP contribution in [0.1, 0.15) is 30.1 Å². The van der Waals surface area contributed by atoms with Gasteiger partial charge in [0.05, 0.1) is 0 Å². The summed E-state index contributed by atoms with van der Waals surface area (Å²) in [5, 5.41) is 0.630. The first-order chi connectivity index (χ1) is 9.19. The standard InChI is InChI=1S/C15H19ClN2O/c1-2-17-9-13-6-7-14(10-17)18(13)15(19)11-4-3-5-12(16)8-11/h3-5,8,13-14H,2,6-7,9-10H2,1H3. The Morgan fingerprint density at radius 3 is 2.58 bits per heavy atom. The topological polar surface area (TPSA) is 23.6 Å². The molecule has 2 bridgehead atoms. The van der Waals surface area contributed by atoms with Crippen LogP contribution in [0.3, 0.4) is 0 Å². The van der Waals surface area contributed by atoms with E-state index in [1.54, 1.807) is 6.07 Å². The highest BCUT2D eigenvalue weighted by Gasteiger charge is 2.42. The number of carbonyl (C=O) groups is 1. The zero-order chi connectivity index (χ0) is 13.4. The molecule has 2 heterocycles. The predicted molar refractivity (Wildman–Crippen MR) is 76.5 cm³/mol. The highest BCUT2D eigenvalue weighted by molar-refractivity contribution is 6.30. The number of nitrogens with zero attached hydrogens (tertiary/aromatic N) is 2. The summed E-state index contributed by atoms with van der Waals surface area (Å²) in [4.78, 5) is 17.2. The van der Waals surface area contributed by atoms with Crippen LogP contribution in [0.4, 0.5) is 0 Å². The zero-order valence-corrected chi connectivity index (χ0v) is 11.9. The average molecular weight is 279 g/mol. The van der Waals surface area contributed by atoms with E-state index in [-0.39, 0.29) is 5.91 Å². The van der Waals surface area contributed by atoms with Crippen LogP contribution >= 0.6 is 11.6 Å². The van der Waals surface area contributed by atoms with Gasteiger partial charge in [-0.25, -0.2) is 0 Å². The van der Waals surface area contributed by atoms with E-state index >= 15 is 0 Å². The van der Waals surface area contributed by atoms with Crippen LogP contribution < -0.4 is 0 Å². The van der Waals surface area contributed by atoms with Gasteiger partial charge in [0.15, 0.2) is 0 Å². The second kappa shape index (κ2) is 5.14. The highest BCUT2D eigenvalue weighted by atomic mass is 35.5. The summed E-state index contributed by atoms with van der Waals surface area (Å²) in [5.41, 5.74) is 0.717. The Hall–Kier alpha value is -1.06. The number of piperazine rings is 1. The number of amides is 1. The van der Waals surface area contributed by atoms with Crippen molar-refractivity contribution < 1.29 is 4.79 Å². The molecule has 2 aliphatic heterocycles. The van der Waals surface area contributed by atoms with Gasteiger partial charge in [-0.2, -0.15) is 0 Å². The molecule has 0 N–H and O–H groups in total. The number of benzene rings is 1. The Bertz CT molecular complexity index is 477. The minimum atomic E-state index is 0.144. The molecule has 2 saturated heterocycles. The minimum absolute atomic E-state index is 0.144. The fourth-order valence-electron chi connectivity index (χ4n) is 3.35. The molecule has 0 aromatic heterocycles. The number of rotatable bonds is 2. The van der Waals surface area contributed by atoms with Gasteiger partial charge < -0.3 is 4.90 Å². The van der Waals surface area contributed by atoms with Gasteiger partial charge in [-0.15, -0.1) is 0 Å². The predicted octanol–water partition coefficient (Wildman–Crippen LogP) is 2.65. The van der Waals surface area contributed by atoms with Crippen molar-refractivity contribution in [2.75, 3.05) is 19.6 Å². The van der Waals surface area contributed by atoms with Gasteiger partial charge in [0.1, 0.15) is 0 Å². The number of hydrogen-bond acceptors (Lipinski definition) is 2. The number of hydrogen-bond donors (Lipinski definition) is 0. The molecule has 1 aromatic rings. The normalized spacial score (nSPS) is 26.7. The highest BCUT2D eigenvalue weighted by Crippen LogP contribution is 2.31. The molecule has 19 heavy (non-hydrogen) atoms. The summed E-state index contributed by atoms with van der Waals surface area (Å²) >= 11 is 5.98. The summed E-state index contributed by atoms with van der Waals surface area (Å²) < 4.78 is 0. The lowest BCUT2D eigenvalue weighted by molar-refractivity contribution is 0.0433. The quantitative estimate of drug-likeness (QED) is 0.830. The second-order valence-corrected chi connectivity index (χ2v) is 5.90. The fourth-order valence-corrected chi connectivity index (χ4v) is 3.54. The molecule has 3 nitrogen and oxygen atoms in total. The number of fused-ring (bicyclic) bond motifs is 2. The molecular formula is C15H19ClN2O. The van der Waals surface area contributed by atoms with Crippen LogP contribution in [0, 0.1) is 0 Å². The number of likely N-dealkylation sites (N-methyl/N-ethyl adjacent to an activating group) is 1. The molecule has 4 heteroatoms. The molecule has 2 fully saturated rings.